The van der Waals surface area contributed by atoms with Crippen molar-refractivity contribution in [3.05, 3.63) is 57.6 Å². The number of phenolic OH excluding ortho intramolecular Hbond substituents is 2. The molecule has 0 bridgehead atoms. The number of aliphatic hydroxyl groups excluding tert-OH is 6. The van der Waals surface area contributed by atoms with Crippen molar-refractivity contribution in [2.75, 3.05) is 106 Å². The molecule has 2 aromatic rings. The van der Waals surface area contributed by atoms with E-state index in [4.69, 9.17) is 0 Å². The Labute approximate surface area is 341 Å². The molecule has 0 aliphatic carbocycles. The first-order valence-corrected chi connectivity index (χ1v) is 32.0. The van der Waals surface area contributed by atoms with Crippen LogP contribution in [-0.4, -0.2) is 173 Å². The Morgan fingerprint density at radius 1 is 0.561 bits per heavy atom. The summed E-state index contributed by atoms with van der Waals surface area (Å²) in [6.45, 7) is 21.8. The van der Waals surface area contributed by atoms with Crippen LogP contribution in [0.3, 0.4) is 0 Å². The fourth-order valence-corrected chi connectivity index (χ4v) is 6.33. The minimum absolute atomic E-state index is 0.0101. The first kappa shape index (κ1) is 58.4. The van der Waals surface area contributed by atoms with Crippen LogP contribution in [0.5, 0.6) is 11.5 Å². The van der Waals surface area contributed by atoms with E-state index in [1.807, 2.05) is 0 Å². The zero-order valence-electron chi connectivity index (χ0n) is 35.7. The normalized spacial score (nSPS) is 14.4. The number of aromatic hydroxyl groups is 2. The molecule has 3 unspecified atom stereocenters. The molecule has 0 saturated carbocycles. The molecule has 3 atom stereocenters. The van der Waals surface area contributed by atoms with E-state index < -0.39 is 104 Å². The van der Waals surface area contributed by atoms with Gasteiger partial charge in [-0.1, -0.05) is 19.7 Å². The van der Waals surface area contributed by atoms with Gasteiger partial charge in [0.05, 0.1) is 58.0 Å². The highest BCUT2D eigenvalue weighted by molar-refractivity contribution is 7.73. The molecule has 0 fully saturated rings. The smallest absolute Gasteiger partial charge is 0.146 e. The summed E-state index contributed by atoms with van der Waals surface area (Å²) in [7, 11) is -11.8. The van der Waals surface area contributed by atoms with Crippen LogP contribution in [0.15, 0.2) is 24.3 Å². The summed E-state index contributed by atoms with van der Waals surface area (Å²) in [5, 5.41) is 80.5. The Hall–Kier alpha value is -0.690. The van der Waals surface area contributed by atoms with Gasteiger partial charge in [-0.25, -0.2) is 0 Å². The maximum absolute atomic E-state index is 12.0. The molecule has 2 aromatic carbocycles. The molecule has 0 amide bonds. The third-order valence-corrected chi connectivity index (χ3v) is 8.19. The first-order valence-electron chi connectivity index (χ1n) is 17.8. The lowest BCUT2D eigenvalue weighted by Crippen LogP contribution is -2.56. The van der Waals surface area contributed by atoms with E-state index in [0.29, 0.717) is 0 Å². The van der Waals surface area contributed by atoms with Gasteiger partial charge in [-0.2, -0.15) is 0 Å². The van der Waals surface area contributed by atoms with Gasteiger partial charge in [-0.05, 0) is 34.4 Å². The topological polar surface area (TPSA) is 292 Å². The fourth-order valence-electron chi connectivity index (χ4n) is 4.81. The molecule has 21 heteroatoms. The number of benzene rings is 2. The highest BCUT2D eigenvalue weighted by Crippen LogP contribution is 2.42. The Morgan fingerprint density at radius 3 is 1.30 bits per heavy atom. The zero-order chi connectivity index (χ0) is 45.3. The molecule has 0 saturated heterocycles. The van der Waals surface area contributed by atoms with Crippen molar-refractivity contribution in [3.63, 3.8) is 0 Å². The maximum Gasteiger partial charge on any atom is 0.146 e. The SMILES string of the molecule is C[P+](C)(C)C.C[P+](C)(C)C.C[P+](C)(C)C.O=P([O-])([O-])CN(Cc1c(O)ccc(CO)c1CO)C(CO)C(CO)N(Cc1c(O)cc(CO)cc1CO)CP(=O)([O-])O. The molecule has 0 spiro atoms. The number of hydrogen-bond donors (Lipinski definition) is 9. The van der Waals surface area contributed by atoms with Crippen molar-refractivity contribution in [2.45, 2.75) is 51.6 Å². The van der Waals surface area contributed by atoms with Crippen LogP contribution in [0, 0.1) is 0 Å². The predicted octanol–water partition coefficient (Wildman–Crippen LogP) is 1.04. The Morgan fingerprint density at radius 2 is 0.965 bits per heavy atom. The van der Waals surface area contributed by atoms with Gasteiger partial charge in [-0.15, -0.1) is 0 Å². The second kappa shape index (κ2) is 25.9. The van der Waals surface area contributed by atoms with Gasteiger partial charge in [0.2, 0.25) is 0 Å². The molecule has 9 N–H and O–H groups in total. The van der Waals surface area contributed by atoms with E-state index in [-0.39, 0.29) is 55.2 Å². The highest BCUT2D eigenvalue weighted by Gasteiger charge is 2.35. The van der Waals surface area contributed by atoms with E-state index in [9.17, 15) is 69.6 Å². The second-order valence-corrected chi connectivity index (χ2v) is 36.8. The van der Waals surface area contributed by atoms with E-state index in [1.165, 1.54) is 12.1 Å². The Bertz CT molecular complexity index is 1520. The lowest BCUT2D eigenvalue weighted by Gasteiger charge is -2.45. The molecule has 0 aromatic heterocycles. The van der Waals surface area contributed by atoms with Crippen LogP contribution < -0.4 is 14.7 Å². The highest BCUT2D eigenvalue weighted by atomic mass is 31.2. The fraction of sp³-hybridized carbons (Fsp3) is 0.667. The van der Waals surface area contributed by atoms with E-state index >= 15 is 0 Å². The number of rotatable bonds is 17. The third-order valence-electron chi connectivity index (χ3n) is 6.76. The monoisotopic (exact) mass is 910 g/mol. The molecular formula is C36H71N2O14P5. The summed E-state index contributed by atoms with van der Waals surface area (Å²) in [6.07, 6.45) is -2.50. The summed E-state index contributed by atoms with van der Waals surface area (Å²) in [5.41, 5.74) is 0.176. The average Bonchev–Trinajstić information content (AvgIpc) is 3.00. The molecule has 16 nitrogen and oxygen atoms in total. The van der Waals surface area contributed by atoms with Gasteiger partial charge in [0.25, 0.3) is 0 Å². The van der Waals surface area contributed by atoms with Crippen LogP contribution in [0.25, 0.3) is 0 Å². The van der Waals surface area contributed by atoms with Crippen LogP contribution in [0.4, 0.5) is 0 Å². The summed E-state index contributed by atoms with van der Waals surface area (Å²) in [4.78, 5) is 47.2. The molecule has 0 heterocycles. The number of hydrogen-bond acceptors (Lipinski definition) is 15. The van der Waals surface area contributed by atoms with E-state index in [2.05, 4.69) is 80.0 Å². The predicted molar refractivity (Wildman–Crippen MR) is 232 cm³/mol. The van der Waals surface area contributed by atoms with Crippen molar-refractivity contribution < 1.29 is 69.6 Å². The van der Waals surface area contributed by atoms with E-state index in [1.54, 1.807) is 0 Å². The van der Waals surface area contributed by atoms with Crippen LogP contribution >= 0.6 is 37.0 Å². The first-order chi connectivity index (χ1) is 25.6. The van der Waals surface area contributed by atoms with Crippen molar-refractivity contribution >= 4 is 37.0 Å². The van der Waals surface area contributed by atoms with Crippen molar-refractivity contribution in [1.82, 2.24) is 9.80 Å². The Balaban J connectivity index is 0. The third kappa shape index (κ3) is 28.5. The summed E-state index contributed by atoms with van der Waals surface area (Å²) in [5.74, 6) is -0.965. The lowest BCUT2D eigenvalue weighted by molar-refractivity contribution is -0.316. The molecule has 0 aliphatic rings. The minimum atomic E-state index is -5.44. The van der Waals surface area contributed by atoms with Crippen molar-refractivity contribution in [2.24, 2.45) is 0 Å². The summed E-state index contributed by atoms with van der Waals surface area (Å²) in [6, 6.07) is 1.72. The van der Waals surface area contributed by atoms with Crippen LogP contribution in [0.2, 0.25) is 0 Å². The molecule has 0 aliphatic heterocycles. The van der Waals surface area contributed by atoms with Crippen LogP contribution in [-0.2, 0) is 48.6 Å². The van der Waals surface area contributed by atoms with Crippen molar-refractivity contribution in [1.29, 1.82) is 0 Å². The van der Waals surface area contributed by atoms with Gasteiger partial charge in [0.1, 0.15) is 19.1 Å². The molecular weight excluding hydrogens is 839 g/mol. The number of phenols is 2. The minimum Gasteiger partial charge on any atom is -0.810 e. The summed E-state index contributed by atoms with van der Waals surface area (Å²) < 4.78 is 23.9. The number of nitrogens with zero attached hydrogens (tertiary/aromatic N) is 2. The quantitative estimate of drug-likeness (QED) is 0.100. The zero-order valence-corrected chi connectivity index (χ0v) is 40.2. The van der Waals surface area contributed by atoms with Crippen molar-refractivity contribution in [3.8, 4) is 11.5 Å². The van der Waals surface area contributed by atoms with Crippen LogP contribution in [0.1, 0.15) is 33.4 Å². The van der Waals surface area contributed by atoms with Gasteiger partial charge >= 0.3 is 0 Å². The molecule has 334 valence electrons. The second-order valence-electron chi connectivity index (χ2n) is 17.7. The molecule has 2 rings (SSSR count). The summed E-state index contributed by atoms with van der Waals surface area (Å²) >= 11 is 0. The van der Waals surface area contributed by atoms with Gasteiger partial charge in [0, 0.05) is 132 Å². The lowest BCUT2D eigenvalue weighted by atomic mass is 9.98. The molecule has 0 radical (unpaired) electrons. The van der Waals surface area contributed by atoms with Gasteiger partial charge < -0.3 is 69.6 Å². The average molecular weight is 911 g/mol. The van der Waals surface area contributed by atoms with Gasteiger partial charge in [-0.3, -0.25) is 9.80 Å². The Kier molecular flexibility index (Phi) is 26.6. The standard InChI is InChI=1S/C24H38N2O14P2.3C4H12P/c27-7-15-3-17(9-29)18(24(34)4-15)5-25(13-41(35,36)37)21(11-31)22(12-32)26(14-42(38,39)40)6-19-20(10-30)16(8-28)1-2-23(19)33;3*1-5(2,3)4/h1-4,21-22,27-34H,5-14H2,(H2,35,36,37)(H2,38,39,40);3*1-4H3/q;3*+1/p-3. The van der Waals surface area contributed by atoms with E-state index in [0.717, 1.165) is 21.9 Å². The molecule has 57 heavy (non-hydrogen) atoms. The number of aliphatic hydroxyl groups is 6. The maximum atomic E-state index is 12.0. The van der Waals surface area contributed by atoms with Gasteiger partial charge in [0.15, 0.2) is 0 Å². The largest absolute Gasteiger partial charge is 0.810 e.